The minimum absolute atomic E-state index is 0.760. The van der Waals surface area contributed by atoms with E-state index in [0.717, 1.165) is 45.3 Å². The van der Waals surface area contributed by atoms with Crippen LogP contribution in [0.3, 0.4) is 0 Å². The molecular weight excluding hydrogens is 472 g/mol. The van der Waals surface area contributed by atoms with Crippen LogP contribution < -0.4 is 18.9 Å². The Kier molecular flexibility index (Phi) is 6.01. The summed E-state index contributed by atoms with van der Waals surface area (Å²) in [6, 6.07) is 33.8. The molecule has 0 saturated carbocycles. The van der Waals surface area contributed by atoms with Crippen molar-refractivity contribution in [1.29, 1.82) is 0 Å². The topological polar surface area (TPSA) is 36.9 Å². The van der Waals surface area contributed by atoms with E-state index in [9.17, 15) is 0 Å². The minimum atomic E-state index is 0.760. The number of fused-ring (bicyclic) bond motifs is 5. The molecule has 0 unspecified atom stereocenters. The average molecular weight is 501 g/mol. The normalized spacial score (nSPS) is 11.2. The van der Waals surface area contributed by atoms with Gasteiger partial charge in [-0.2, -0.15) is 0 Å². The van der Waals surface area contributed by atoms with Crippen LogP contribution in [-0.4, -0.2) is 28.4 Å². The Bertz CT molecular complexity index is 1640. The smallest absolute Gasteiger partial charge is 0.123 e. The highest BCUT2D eigenvalue weighted by molar-refractivity contribution is 6.23. The molecule has 0 spiro atoms. The van der Waals surface area contributed by atoms with Crippen LogP contribution >= 0.6 is 0 Å². The molecule has 188 valence electrons. The summed E-state index contributed by atoms with van der Waals surface area (Å²) in [5, 5.41) is 7.12. The Hall–Kier alpha value is -4.70. The van der Waals surface area contributed by atoms with Crippen molar-refractivity contribution in [1.82, 2.24) is 0 Å². The van der Waals surface area contributed by atoms with Gasteiger partial charge in [-0.3, -0.25) is 0 Å². The van der Waals surface area contributed by atoms with Crippen LogP contribution in [0.5, 0.6) is 23.0 Å². The number of rotatable bonds is 6. The van der Waals surface area contributed by atoms with E-state index in [1.165, 1.54) is 32.3 Å². The molecule has 0 saturated heterocycles. The van der Waals surface area contributed by atoms with E-state index in [1.54, 1.807) is 28.4 Å². The number of ether oxygens (including phenoxy) is 4. The molecule has 0 aliphatic carbocycles. The lowest BCUT2D eigenvalue weighted by atomic mass is 9.89. The van der Waals surface area contributed by atoms with Crippen molar-refractivity contribution in [2.45, 2.75) is 0 Å². The Balaban J connectivity index is 1.69. The first kappa shape index (κ1) is 23.7. The predicted octanol–water partition coefficient (Wildman–Crippen LogP) is 8.51. The monoisotopic (exact) mass is 500 g/mol. The van der Waals surface area contributed by atoms with Gasteiger partial charge >= 0.3 is 0 Å². The second-order valence-electron chi connectivity index (χ2n) is 9.24. The molecule has 0 radical (unpaired) electrons. The first-order chi connectivity index (χ1) is 18.6. The highest BCUT2D eigenvalue weighted by Gasteiger charge is 2.15. The van der Waals surface area contributed by atoms with Crippen molar-refractivity contribution in [3.63, 3.8) is 0 Å². The molecule has 0 aliphatic heterocycles. The van der Waals surface area contributed by atoms with Gasteiger partial charge in [0.25, 0.3) is 0 Å². The minimum Gasteiger partial charge on any atom is -0.497 e. The van der Waals surface area contributed by atoms with Crippen LogP contribution in [0, 0.1) is 0 Å². The van der Waals surface area contributed by atoms with E-state index >= 15 is 0 Å². The molecule has 38 heavy (non-hydrogen) atoms. The molecule has 4 nitrogen and oxygen atoms in total. The second-order valence-corrected chi connectivity index (χ2v) is 9.24. The molecular formula is C34H28O4. The van der Waals surface area contributed by atoms with Crippen molar-refractivity contribution in [3.05, 3.63) is 97.1 Å². The average Bonchev–Trinajstić information content (AvgIpc) is 2.99. The Labute approximate surface area is 222 Å². The predicted molar refractivity (Wildman–Crippen MR) is 156 cm³/mol. The number of hydrogen-bond acceptors (Lipinski definition) is 4. The van der Waals surface area contributed by atoms with Crippen LogP contribution in [0.25, 0.3) is 54.6 Å². The molecule has 6 aromatic carbocycles. The van der Waals surface area contributed by atoms with Gasteiger partial charge < -0.3 is 18.9 Å². The highest BCUT2D eigenvalue weighted by Crippen LogP contribution is 2.42. The van der Waals surface area contributed by atoms with Crippen LogP contribution in [0.2, 0.25) is 0 Å². The largest absolute Gasteiger partial charge is 0.497 e. The lowest BCUT2D eigenvalue weighted by Crippen LogP contribution is -1.91. The Morgan fingerprint density at radius 1 is 0.395 bits per heavy atom. The van der Waals surface area contributed by atoms with Crippen LogP contribution in [-0.2, 0) is 0 Å². The van der Waals surface area contributed by atoms with E-state index in [0.29, 0.717) is 0 Å². The molecule has 0 fully saturated rings. The van der Waals surface area contributed by atoms with Gasteiger partial charge in [-0.25, -0.2) is 0 Å². The summed E-state index contributed by atoms with van der Waals surface area (Å²) in [6.45, 7) is 0. The maximum Gasteiger partial charge on any atom is 0.123 e. The molecule has 0 aliphatic rings. The van der Waals surface area contributed by atoms with Gasteiger partial charge in [-0.1, -0.05) is 60.7 Å². The number of hydrogen-bond donors (Lipinski definition) is 0. The maximum atomic E-state index is 5.58. The van der Waals surface area contributed by atoms with E-state index in [2.05, 4.69) is 84.9 Å². The first-order valence-electron chi connectivity index (χ1n) is 12.5. The second kappa shape index (κ2) is 9.64. The van der Waals surface area contributed by atoms with Gasteiger partial charge in [-0.15, -0.1) is 0 Å². The van der Waals surface area contributed by atoms with Gasteiger partial charge in [-0.05, 0) is 78.8 Å². The molecule has 0 amide bonds. The van der Waals surface area contributed by atoms with E-state index < -0.39 is 0 Å². The zero-order chi connectivity index (χ0) is 26.2. The fourth-order valence-corrected chi connectivity index (χ4v) is 5.39. The van der Waals surface area contributed by atoms with E-state index in [-0.39, 0.29) is 0 Å². The van der Waals surface area contributed by atoms with Gasteiger partial charge in [0.2, 0.25) is 0 Å². The first-order valence-corrected chi connectivity index (χ1v) is 12.5. The summed E-state index contributed by atoms with van der Waals surface area (Å²) in [7, 11) is 6.72. The molecule has 4 heteroatoms. The number of methoxy groups -OCH3 is 4. The molecule has 6 aromatic rings. The molecule has 0 bridgehead atoms. The van der Waals surface area contributed by atoms with E-state index in [4.69, 9.17) is 18.9 Å². The van der Waals surface area contributed by atoms with Crippen molar-refractivity contribution < 1.29 is 18.9 Å². The third-order valence-corrected chi connectivity index (χ3v) is 7.21. The molecule has 0 aromatic heterocycles. The summed E-state index contributed by atoms with van der Waals surface area (Å²) in [4.78, 5) is 0. The third kappa shape index (κ3) is 3.95. The SMILES string of the molecule is COc1cc(OC)cc(-c2cccc3ccc4c(ccc5cccc(-c6cc(OC)cc(OC)c6)c54)c23)c1. The highest BCUT2D eigenvalue weighted by atomic mass is 16.5. The van der Waals surface area contributed by atoms with Gasteiger partial charge in [0.05, 0.1) is 28.4 Å². The lowest BCUT2D eigenvalue weighted by Gasteiger charge is -2.16. The van der Waals surface area contributed by atoms with Crippen molar-refractivity contribution >= 4 is 32.3 Å². The molecule has 0 heterocycles. The summed E-state index contributed by atoms with van der Waals surface area (Å²) in [6.07, 6.45) is 0. The number of benzene rings is 6. The van der Waals surface area contributed by atoms with Gasteiger partial charge in [0, 0.05) is 12.1 Å². The van der Waals surface area contributed by atoms with Crippen LogP contribution in [0.1, 0.15) is 0 Å². The Morgan fingerprint density at radius 3 is 1.11 bits per heavy atom. The van der Waals surface area contributed by atoms with Gasteiger partial charge in [0.1, 0.15) is 23.0 Å². The van der Waals surface area contributed by atoms with Gasteiger partial charge in [0.15, 0.2) is 0 Å². The fourth-order valence-electron chi connectivity index (χ4n) is 5.39. The summed E-state index contributed by atoms with van der Waals surface area (Å²) in [5.41, 5.74) is 4.35. The maximum absolute atomic E-state index is 5.58. The summed E-state index contributed by atoms with van der Waals surface area (Å²) < 4.78 is 22.3. The summed E-state index contributed by atoms with van der Waals surface area (Å²) >= 11 is 0. The van der Waals surface area contributed by atoms with Crippen LogP contribution in [0.15, 0.2) is 97.1 Å². The summed E-state index contributed by atoms with van der Waals surface area (Å²) in [5.74, 6) is 3.04. The lowest BCUT2D eigenvalue weighted by molar-refractivity contribution is 0.394. The zero-order valence-electron chi connectivity index (χ0n) is 21.9. The quantitative estimate of drug-likeness (QED) is 0.215. The van der Waals surface area contributed by atoms with Crippen molar-refractivity contribution in [2.24, 2.45) is 0 Å². The zero-order valence-corrected chi connectivity index (χ0v) is 21.9. The Morgan fingerprint density at radius 2 is 0.763 bits per heavy atom. The molecule has 0 N–H and O–H groups in total. The van der Waals surface area contributed by atoms with Crippen molar-refractivity contribution in [2.75, 3.05) is 28.4 Å². The molecule has 6 rings (SSSR count). The third-order valence-electron chi connectivity index (χ3n) is 7.21. The fraction of sp³-hybridized carbons (Fsp3) is 0.118. The standard InChI is InChI=1S/C34H28O4/c1-35-25-15-23(16-26(19-25)36-2)29-9-5-7-21-11-14-32-31(33(21)29)13-12-22-8-6-10-30(34(22)32)24-17-27(37-3)20-28(18-24)38-4/h5-20H,1-4H3. The van der Waals surface area contributed by atoms with Crippen molar-refractivity contribution in [3.8, 4) is 45.3 Å². The molecule has 0 atom stereocenters. The van der Waals surface area contributed by atoms with E-state index in [1.807, 2.05) is 12.1 Å². The van der Waals surface area contributed by atoms with Crippen LogP contribution in [0.4, 0.5) is 0 Å².